The number of esters is 1. The van der Waals surface area contributed by atoms with Gasteiger partial charge in [-0.15, -0.1) is 0 Å². The van der Waals surface area contributed by atoms with Crippen molar-refractivity contribution in [1.82, 2.24) is 0 Å². The summed E-state index contributed by atoms with van der Waals surface area (Å²) in [5, 5.41) is 2.83. The van der Waals surface area contributed by atoms with Gasteiger partial charge in [-0.3, -0.25) is 0 Å². The Balaban J connectivity index is 2.29. The van der Waals surface area contributed by atoms with Gasteiger partial charge in [0.15, 0.2) is 0 Å². The highest BCUT2D eigenvalue weighted by atomic mass is 19.4. The fourth-order valence-electron chi connectivity index (χ4n) is 2.84. The third-order valence-electron chi connectivity index (χ3n) is 4.34. The lowest BCUT2D eigenvalue weighted by Gasteiger charge is -2.18. The minimum atomic E-state index is -4.53. The number of benzene rings is 2. The van der Waals surface area contributed by atoms with E-state index < -0.39 is 17.7 Å². The van der Waals surface area contributed by atoms with Crippen LogP contribution >= 0.6 is 0 Å². The molecule has 0 radical (unpaired) electrons. The van der Waals surface area contributed by atoms with Gasteiger partial charge < -0.3 is 19.5 Å². The number of alkyl halides is 3. The molecule has 2 aromatic rings. The molecular formula is C23H26F3NO4. The fraction of sp³-hybridized carbons (Fsp3) is 0.348. The van der Waals surface area contributed by atoms with E-state index in [0.717, 1.165) is 6.07 Å². The lowest BCUT2D eigenvalue weighted by molar-refractivity contribution is -0.137. The largest absolute Gasteiger partial charge is 0.503 e. The Labute approximate surface area is 179 Å². The van der Waals surface area contributed by atoms with Crippen molar-refractivity contribution in [1.29, 1.82) is 0 Å². The molecule has 0 aliphatic carbocycles. The van der Waals surface area contributed by atoms with Crippen LogP contribution in [-0.2, 0) is 27.1 Å². The number of ether oxygens (including phenoxy) is 3. The van der Waals surface area contributed by atoms with Gasteiger partial charge >= 0.3 is 12.1 Å². The molecular weight excluding hydrogens is 411 g/mol. The van der Waals surface area contributed by atoms with Crippen molar-refractivity contribution >= 4 is 17.2 Å². The van der Waals surface area contributed by atoms with Gasteiger partial charge in [-0.05, 0) is 35.2 Å². The molecule has 0 saturated carbocycles. The number of anilines is 1. The van der Waals surface area contributed by atoms with Crippen molar-refractivity contribution in [3.63, 3.8) is 0 Å². The lowest BCUT2D eigenvalue weighted by Crippen LogP contribution is -2.14. The molecule has 0 bridgehead atoms. The molecule has 0 aromatic heterocycles. The molecule has 168 valence electrons. The van der Waals surface area contributed by atoms with Gasteiger partial charge in [-0.2, -0.15) is 13.2 Å². The predicted octanol–water partition coefficient (Wildman–Crippen LogP) is 5.51. The molecule has 5 nitrogen and oxygen atoms in total. The van der Waals surface area contributed by atoms with Gasteiger partial charge in [0.2, 0.25) is 0 Å². The van der Waals surface area contributed by atoms with Crippen molar-refractivity contribution in [3.05, 3.63) is 65.4 Å². The first-order valence-corrected chi connectivity index (χ1v) is 9.64. The Bertz CT molecular complexity index is 923. The summed E-state index contributed by atoms with van der Waals surface area (Å²) in [7, 11) is 2.65. The van der Waals surface area contributed by atoms with E-state index >= 15 is 0 Å². The van der Waals surface area contributed by atoms with E-state index in [1.54, 1.807) is 24.3 Å². The zero-order valence-corrected chi connectivity index (χ0v) is 17.9. The minimum Gasteiger partial charge on any atom is -0.503 e. The molecule has 1 N–H and O–H groups in total. The van der Waals surface area contributed by atoms with Crippen LogP contribution < -0.4 is 10.1 Å². The minimum absolute atomic E-state index is 0.00459. The van der Waals surface area contributed by atoms with Crippen LogP contribution in [-0.4, -0.2) is 26.7 Å². The molecule has 0 saturated heterocycles. The second-order valence-corrected chi connectivity index (χ2v) is 7.18. The van der Waals surface area contributed by atoms with Crippen molar-refractivity contribution < 1.29 is 32.2 Å². The second kappa shape index (κ2) is 10.7. The molecule has 0 amide bonds. The highest BCUT2D eigenvalue weighted by molar-refractivity contribution is 6.16. The topological polar surface area (TPSA) is 56.8 Å². The summed E-state index contributed by atoms with van der Waals surface area (Å²) in [5.74, 6) is -0.348. The highest BCUT2D eigenvalue weighted by Gasteiger charge is 2.34. The average Bonchev–Trinajstić information content (AvgIpc) is 2.74. The second-order valence-electron chi connectivity index (χ2n) is 7.18. The molecule has 0 aliphatic rings. The first-order valence-electron chi connectivity index (χ1n) is 9.64. The van der Waals surface area contributed by atoms with Crippen LogP contribution in [0.3, 0.4) is 0 Å². The first kappa shape index (κ1) is 24.1. The van der Waals surface area contributed by atoms with Crippen LogP contribution in [0.5, 0.6) is 5.75 Å². The predicted molar refractivity (Wildman–Crippen MR) is 113 cm³/mol. The monoisotopic (exact) mass is 437 g/mol. The molecule has 0 heterocycles. The number of hydrogen-bond donors (Lipinski definition) is 1. The normalized spacial score (nSPS) is 11.9. The van der Waals surface area contributed by atoms with Crippen LogP contribution in [0.1, 0.15) is 30.5 Å². The van der Waals surface area contributed by atoms with Crippen LogP contribution in [0.2, 0.25) is 0 Å². The number of nitrogens with one attached hydrogen (secondary N) is 1. The highest BCUT2D eigenvalue weighted by Crippen LogP contribution is 2.37. The number of hydrogen-bond acceptors (Lipinski definition) is 5. The third kappa shape index (κ3) is 6.67. The molecule has 2 rings (SSSR count). The van der Waals surface area contributed by atoms with Gasteiger partial charge in [-0.1, -0.05) is 38.1 Å². The number of methoxy groups -OCH3 is 2. The Hall–Kier alpha value is -3.16. The Morgan fingerprint density at radius 1 is 1.13 bits per heavy atom. The van der Waals surface area contributed by atoms with E-state index in [2.05, 4.69) is 5.32 Å². The van der Waals surface area contributed by atoms with Gasteiger partial charge in [0.05, 0.1) is 26.0 Å². The van der Waals surface area contributed by atoms with E-state index in [4.69, 9.17) is 14.2 Å². The maximum Gasteiger partial charge on any atom is 0.418 e. The number of carbonyl (C=O) groups excluding carboxylic acids is 1. The number of halogens is 3. The molecule has 0 fully saturated rings. The van der Waals surface area contributed by atoms with Crippen LogP contribution in [0.4, 0.5) is 18.9 Å². The van der Waals surface area contributed by atoms with E-state index in [1.807, 2.05) is 13.8 Å². The maximum absolute atomic E-state index is 13.5. The smallest absolute Gasteiger partial charge is 0.418 e. The SMILES string of the molecule is COC=C(C(=O)OC)c1ccccc1COc1ccc(NCC(C)C)c(C(F)(F)F)c1. The van der Waals surface area contributed by atoms with E-state index in [0.29, 0.717) is 17.7 Å². The Kier molecular flexibility index (Phi) is 8.36. The zero-order valence-electron chi connectivity index (χ0n) is 17.9. The summed E-state index contributed by atoms with van der Waals surface area (Å²) in [6.45, 7) is 4.19. The molecule has 0 atom stereocenters. The summed E-state index contributed by atoms with van der Waals surface area (Å²) in [5.41, 5.74) is 0.473. The molecule has 0 unspecified atom stereocenters. The van der Waals surface area contributed by atoms with Crippen molar-refractivity contribution in [2.45, 2.75) is 26.6 Å². The third-order valence-corrected chi connectivity index (χ3v) is 4.34. The summed E-state index contributed by atoms with van der Waals surface area (Å²) < 4.78 is 56.0. The molecule has 31 heavy (non-hydrogen) atoms. The Morgan fingerprint density at radius 3 is 2.45 bits per heavy atom. The fourth-order valence-corrected chi connectivity index (χ4v) is 2.84. The standard InChI is InChI=1S/C23H26F3NO4/c1-15(2)12-27-21-10-9-17(11-20(21)23(24,25)26)31-13-16-7-5-6-8-18(16)19(14-29-3)22(28)30-4/h5-11,14-15,27H,12-13H2,1-4H3. The van der Waals surface area contributed by atoms with Crippen molar-refractivity contribution in [2.75, 3.05) is 26.1 Å². The van der Waals surface area contributed by atoms with Gasteiger partial charge in [-0.25, -0.2) is 4.79 Å². The molecule has 2 aromatic carbocycles. The summed E-state index contributed by atoms with van der Waals surface area (Å²) in [4.78, 5) is 12.1. The Morgan fingerprint density at radius 2 is 1.84 bits per heavy atom. The average molecular weight is 437 g/mol. The maximum atomic E-state index is 13.5. The van der Waals surface area contributed by atoms with Gasteiger partial charge in [0, 0.05) is 12.2 Å². The van der Waals surface area contributed by atoms with Crippen molar-refractivity contribution in [3.8, 4) is 5.75 Å². The lowest BCUT2D eigenvalue weighted by atomic mass is 10.0. The molecule has 0 aliphatic heterocycles. The summed E-state index contributed by atoms with van der Waals surface area (Å²) in [6.07, 6.45) is -3.28. The van der Waals surface area contributed by atoms with Gasteiger partial charge in [0.25, 0.3) is 0 Å². The number of rotatable bonds is 9. The van der Waals surface area contributed by atoms with Crippen molar-refractivity contribution in [2.24, 2.45) is 5.92 Å². The zero-order chi connectivity index (χ0) is 23.0. The summed E-state index contributed by atoms with van der Waals surface area (Å²) in [6, 6.07) is 10.7. The van der Waals surface area contributed by atoms with Gasteiger partial charge in [0.1, 0.15) is 17.9 Å². The van der Waals surface area contributed by atoms with Crippen LogP contribution in [0.25, 0.3) is 5.57 Å². The quantitative estimate of drug-likeness (QED) is 0.318. The van der Waals surface area contributed by atoms with Crippen LogP contribution in [0, 0.1) is 5.92 Å². The number of carbonyl (C=O) groups is 1. The van der Waals surface area contributed by atoms with E-state index in [9.17, 15) is 18.0 Å². The first-order chi connectivity index (χ1) is 14.7. The van der Waals surface area contributed by atoms with E-state index in [-0.39, 0.29) is 29.5 Å². The van der Waals surface area contributed by atoms with E-state index in [1.165, 1.54) is 32.6 Å². The molecule has 0 spiro atoms. The summed E-state index contributed by atoms with van der Waals surface area (Å²) >= 11 is 0. The van der Waals surface area contributed by atoms with Crippen LogP contribution in [0.15, 0.2) is 48.7 Å². The molecule has 8 heteroatoms.